The minimum atomic E-state index is -0.851. The maximum absolute atomic E-state index is 12.5. The van der Waals surface area contributed by atoms with Crippen LogP contribution in [0.1, 0.15) is 335 Å². The number of nitrogens with one attached hydrogen (secondary N) is 1. The van der Waals surface area contributed by atoms with Crippen LogP contribution in [0.2, 0.25) is 0 Å². The second-order valence-corrected chi connectivity index (χ2v) is 21.4. The highest BCUT2D eigenvalue weighted by molar-refractivity contribution is 5.76. The second-order valence-electron chi connectivity index (χ2n) is 21.4. The summed E-state index contributed by atoms with van der Waals surface area (Å²) in [5.74, 6) is -0.0796. The lowest BCUT2D eigenvalue weighted by molar-refractivity contribution is -0.143. The van der Waals surface area contributed by atoms with E-state index in [1.807, 2.05) is 6.08 Å². The molecule has 0 aliphatic carbocycles. The van der Waals surface area contributed by atoms with Gasteiger partial charge in [0.2, 0.25) is 5.91 Å². The Kier molecular flexibility index (Phi) is 58.0. The number of ether oxygens (including phenoxy) is 1. The van der Waals surface area contributed by atoms with E-state index < -0.39 is 12.1 Å². The van der Waals surface area contributed by atoms with Crippen molar-refractivity contribution in [2.75, 3.05) is 13.2 Å². The third-order valence-corrected chi connectivity index (χ3v) is 14.4. The van der Waals surface area contributed by atoms with Crippen molar-refractivity contribution < 1.29 is 24.5 Å². The van der Waals surface area contributed by atoms with E-state index in [9.17, 15) is 19.8 Å². The summed E-state index contributed by atoms with van der Waals surface area (Å²) in [6, 6.07) is -0.636. The molecule has 1 amide bonds. The van der Waals surface area contributed by atoms with Gasteiger partial charge in [0.25, 0.3) is 0 Å². The first-order valence-corrected chi connectivity index (χ1v) is 31.3. The number of hydrogen-bond donors (Lipinski definition) is 3. The van der Waals surface area contributed by atoms with E-state index in [0.29, 0.717) is 19.4 Å². The molecule has 0 bridgehead atoms. The van der Waals surface area contributed by atoms with Gasteiger partial charge < -0.3 is 20.3 Å². The normalized spacial score (nSPS) is 12.8. The highest BCUT2D eigenvalue weighted by atomic mass is 16.5. The van der Waals surface area contributed by atoms with Crippen LogP contribution >= 0.6 is 0 Å². The fourth-order valence-electron chi connectivity index (χ4n) is 9.55. The first-order chi connectivity index (χ1) is 34.5. The number of hydrogen-bond acceptors (Lipinski definition) is 5. The number of amides is 1. The topological polar surface area (TPSA) is 95.9 Å². The van der Waals surface area contributed by atoms with Crippen molar-refractivity contribution in [1.82, 2.24) is 5.32 Å². The van der Waals surface area contributed by atoms with Crippen molar-refractivity contribution in [2.45, 2.75) is 347 Å². The molecular weight excluding hydrogens is 863 g/mol. The summed E-state index contributed by atoms with van der Waals surface area (Å²) in [6.45, 7) is 4.87. The van der Waals surface area contributed by atoms with Gasteiger partial charge in [-0.3, -0.25) is 9.59 Å². The van der Waals surface area contributed by atoms with Crippen molar-refractivity contribution in [3.05, 3.63) is 36.5 Å². The van der Waals surface area contributed by atoms with Crippen molar-refractivity contribution in [3.63, 3.8) is 0 Å². The maximum atomic E-state index is 12.5. The minimum Gasteiger partial charge on any atom is -0.466 e. The van der Waals surface area contributed by atoms with Crippen LogP contribution in [0, 0.1) is 0 Å². The molecule has 0 saturated heterocycles. The van der Waals surface area contributed by atoms with Crippen LogP contribution in [0.5, 0.6) is 0 Å². The van der Waals surface area contributed by atoms with E-state index in [2.05, 4.69) is 43.5 Å². The van der Waals surface area contributed by atoms with Crippen LogP contribution < -0.4 is 5.32 Å². The number of rotatable bonds is 58. The Balaban J connectivity index is 3.48. The first-order valence-electron chi connectivity index (χ1n) is 31.3. The number of unbranched alkanes of at least 4 members (excludes halogenated alkanes) is 43. The van der Waals surface area contributed by atoms with Crippen LogP contribution in [-0.2, 0) is 14.3 Å². The molecule has 412 valence electrons. The van der Waals surface area contributed by atoms with Gasteiger partial charge in [-0.15, -0.1) is 0 Å². The Morgan fingerprint density at radius 3 is 1.06 bits per heavy atom. The zero-order valence-corrected chi connectivity index (χ0v) is 47.0. The van der Waals surface area contributed by atoms with E-state index in [4.69, 9.17) is 4.74 Å². The smallest absolute Gasteiger partial charge is 0.305 e. The van der Waals surface area contributed by atoms with Crippen LogP contribution in [0.3, 0.4) is 0 Å². The van der Waals surface area contributed by atoms with E-state index in [1.165, 1.54) is 257 Å². The summed E-state index contributed by atoms with van der Waals surface area (Å²) in [6.07, 6.45) is 74.7. The van der Waals surface area contributed by atoms with Crippen LogP contribution in [0.25, 0.3) is 0 Å². The lowest BCUT2D eigenvalue weighted by Crippen LogP contribution is -2.45. The molecule has 2 unspecified atom stereocenters. The van der Waals surface area contributed by atoms with E-state index in [-0.39, 0.29) is 18.5 Å². The SMILES string of the molecule is CCCC/C=C\CCCCCCCC(=O)OCCCCCCCCCCC/C=C\CCCCCCCCCC(=O)NC(CO)C(O)/C=C/CCCCCCCCCCCCCCCCCCCCCC. The molecule has 0 radical (unpaired) electrons. The molecule has 3 N–H and O–H groups in total. The summed E-state index contributed by atoms with van der Waals surface area (Å²) in [5.41, 5.74) is 0. The lowest BCUT2D eigenvalue weighted by atomic mass is 10.0. The van der Waals surface area contributed by atoms with Gasteiger partial charge in [0.15, 0.2) is 0 Å². The molecule has 0 aliphatic heterocycles. The molecule has 0 saturated carbocycles. The van der Waals surface area contributed by atoms with E-state index >= 15 is 0 Å². The Bertz CT molecular complexity index is 1130. The van der Waals surface area contributed by atoms with E-state index in [1.54, 1.807) is 6.08 Å². The van der Waals surface area contributed by atoms with Crippen molar-refractivity contribution in [1.29, 1.82) is 0 Å². The van der Waals surface area contributed by atoms with Gasteiger partial charge >= 0.3 is 5.97 Å². The van der Waals surface area contributed by atoms with E-state index in [0.717, 1.165) is 51.4 Å². The summed E-state index contributed by atoms with van der Waals surface area (Å²) < 4.78 is 5.45. The third kappa shape index (κ3) is 55.4. The highest BCUT2D eigenvalue weighted by Gasteiger charge is 2.18. The Labute approximate surface area is 436 Å². The molecule has 6 heteroatoms. The predicted molar refractivity (Wildman–Crippen MR) is 306 cm³/mol. The quantitative estimate of drug-likeness (QED) is 0.0321. The summed E-state index contributed by atoms with van der Waals surface area (Å²) >= 11 is 0. The summed E-state index contributed by atoms with van der Waals surface area (Å²) in [5, 5.41) is 23.2. The molecule has 0 rings (SSSR count). The number of carbonyl (C=O) groups excluding carboxylic acids is 2. The molecule has 0 spiro atoms. The van der Waals surface area contributed by atoms with Crippen molar-refractivity contribution in [3.8, 4) is 0 Å². The van der Waals surface area contributed by atoms with Crippen LogP contribution in [-0.4, -0.2) is 47.4 Å². The molecule has 0 fully saturated rings. The van der Waals surface area contributed by atoms with Crippen molar-refractivity contribution >= 4 is 11.9 Å². The van der Waals surface area contributed by atoms with Crippen molar-refractivity contribution in [2.24, 2.45) is 0 Å². The van der Waals surface area contributed by atoms with Gasteiger partial charge in [-0.25, -0.2) is 0 Å². The number of esters is 1. The largest absolute Gasteiger partial charge is 0.466 e. The zero-order valence-electron chi connectivity index (χ0n) is 47.0. The Morgan fingerprint density at radius 1 is 0.386 bits per heavy atom. The molecular formula is C64H121NO5. The summed E-state index contributed by atoms with van der Waals surface area (Å²) in [4.78, 5) is 24.5. The molecule has 2 atom stereocenters. The average Bonchev–Trinajstić information content (AvgIpc) is 3.36. The molecule has 0 aromatic rings. The molecule has 6 nitrogen and oxygen atoms in total. The average molecular weight is 985 g/mol. The van der Waals surface area contributed by atoms with Gasteiger partial charge in [0.05, 0.1) is 25.4 Å². The molecule has 0 aliphatic rings. The standard InChI is InChI=1S/C64H121NO5/c1-3-5-7-9-11-13-15-16-17-18-19-20-21-24-27-30-33-37-40-44-48-52-56-62(67)61(60-66)65-63(68)57-53-49-45-41-38-34-31-28-25-22-23-26-29-32-35-39-43-47-51-55-59-70-64(69)58-54-50-46-42-36-14-12-10-8-6-4-2/h10,12,22,25,52,56,61-62,66-67H,3-9,11,13-21,23-24,26-51,53-55,57-60H2,1-2H3,(H,65,68)/b12-10-,25-22-,56-52+. The van der Waals surface area contributed by atoms with Gasteiger partial charge in [-0.2, -0.15) is 0 Å². The third-order valence-electron chi connectivity index (χ3n) is 14.4. The number of aliphatic hydroxyl groups excluding tert-OH is 2. The Hall–Kier alpha value is -1.92. The fraction of sp³-hybridized carbons (Fsp3) is 0.875. The first kappa shape index (κ1) is 68.1. The highest BCUT2D eigenvalue weighted by Crippen LogP contribution is 2.17. The van der Waals surface area contributed by atoms with Crippen LogP contribution in [0.15, 0.2) is 36.5 Å². The molecule has 0 aromatic heterocycles. The molecule has 70 heavy (non-hydrogen) atoms. The van der Waals surface area contributed by atoms with Gasteiger partial charge in [-0.1, -0.05) is 281 Å². The second kappa shape index (κ2) is 59.6. The zero-order chi connectivity index (χ0) is 50.7. The number of carbonyl (C=O) groups is 2. The number of allylic oxidation sites excluding steroid dienone is 5. The van der Waals surface area contributed by atoms with Gasteiger partial charge in [-0.05, 0) is 77.0 Å². The minimum absolute atomic E-state index is 0.00547. The predicted octanol–water partition coefficient (Wildman–Crippen LogP) is 19.6. The Morgan fingerprint density at radius 2 is 0.686 bits per heavy atom. The maximum Gasteiger partial charge on any atom is 0.305 e. The molecule has 0 aromatic carbocycles. The molecule has 0 heterocycles. The fourth-order valence-corrected chi connectivity index (χ4v) is 9.55. The van der Waals surface area contributed by atoms with Gasteiger partial charge in [0.1, 0.15) is 0 Å². The van der Waals surface area contributed by atoms with Gasteiger partial charge in [0, 0.05) is 12.8 Å². The number of aliphatic hydroxyl groups is 2. The monoisotopic (exact) mass is 984 g/mol. The lowest BCUT2D eigenvalue weighted by Gasteiger charge is -2.20. The van der Waals surface area contributed by atoms with Crippen LogP contribution in [0.4, 0.5) is 0 Å². The summed E-state index contributed by atoms with van der Waals surface area (Å²) in [7, 11) is 0.